The number of amides is 2. The fourth-order valence-corrected chi connectivity index (χ4v) is 3.46. The zero-order chi connectivity index (χ0) is 22.3. The highest BCUT2D eigenvalue weighted by atomic mass is 35.5. The highest BCUT2D eigenvalue weighted by Gasteiger charge is 2.29. The van der Waals surface area contributed by atoms with Gasteiger partial charge in [0.25, 0.3) is 0 Å². The Hall–Kier alpha value is -2.33. The van der Waals surface area contributed by atoms with E-state index in [9.17, 15) is 9.59 Å². The largest absolute Gasteiger partial charge is 0.352 e. The van der Waals surface area contributed by atoms with Crippen molar-refractivity contribution in [3.63, 3.8) is 0 Å². The molecule has 2 rings (SSSR count). The lowest BCUT2D eigenvalue weighted by Gasteiger charge is -2.31. The summed E-state index contributed by atoms with van der Waals surface area (Å²) in [5, 5.41) is 3.68. The maximum atomic E-state index is 13.4. The molecule has 2 aromatic carbocycles. The monoisotopic (exact) mass is 428 g/mol. The molecule has 2 amide bonds. The molecule has 0 saturated heterocycles. The lowest BCUT2D eigenvalue weighted by atomic mass is 10.0. The van der Waals surface area contributed by atoms with Crippen LogP contribution in [0.2, 0.25) is 5.02 Å². The molecular weight excluding hydrogens is 396 g/mol. The minimum absolute atomic E-state index is 0.0562. The Bertz CT molecular complexity index is 864. The first-order valence-electron chi connectivity index (χ1n) is 10.7. The van der Waals surface area contributed by atoms with Crippen molar-refractivity contribution in [1.29, 1.82) is 0 Å². The van der Waals surface area contributed by atoms with Crippen molar-refractivity contribution in [2.24, 2.45) is 0 Å². The quantitative estimate of drug-likeness (QED) is 0.595. The molecule has 0 saturated carbocycles. The molecule has 0 aliphatic carbocycles. The summed E-state index contributed by atoms with van der Waals surface area (Å²) < 4.78 is 0. The average molecular weight is 429 g/mol. The van der Waals surface area contributed by atoms with Gasteiger partial charge in [-0.3, -0.25) is 9.59 Å². The number of nitrogens with zero attached hydrogens (tertiary/aromatic N) is 1. The topological polar surface area (TPSA) is 49.4 Å². The molecule has 1 N–H and O–H groups in total. The van der Waals surface area contributed by atoms with Gasteiger partial charge in [-0.2, -0.15) is 0 Å². The van der Waals surface area contributed by atoms with Gasteiger partial charge in [-0.15, -0.1) is 0 Å². The van der Waals surface area contributed by atoms with E-state index in [0.717, 1.165) is 23.1 Å². The normalized spacial score (nSPS) is 12.9. The van der Waals surface area contributed by atoms with Crippen LogP contribution in [-0.2, 0) is 22.6 Å². The zero-order valence-electron chi connectivity index (χ0n) is 18.7. The number of hydrogen-bond donors (Lipinski definition) is 1. The van der Waals surface area contributed by atoms with E-state index in [0.29, 0.717) is 18.0 Å². The smallest absolute Gasteiger partial charge is 0.243 e. The predicted molar refractivity (Wildman–Crippen MR) is 124 cm³/mol. The second kappa shape index (κ2) is 11.2. The first-order chi connectivity index (χ1) is 14.2. The summed E-state index contributed by atoms with van der Waals surface area (Å²) in [5.41, 5.74) is 4.26. The van der Waals surface area contributed by atoms with Gasteiger partial charge in [-0.05, 0) is 68.0 Å². The summed E-state index contributed by atoms with van der Waals surface area (Å²) in [6.07, 6.45) is 1.66. The van der Waals surface area contributed by atoms with Crippen molar-refractivity contribution in [2.45, 2.75) is 72.5 Å². The molecule has 30 heavy (non-hydrogen) atoms. The second-order valence-electron chi connectivity index (χ2n) is 7.99. The molecule has 0 heterocycles. The summed E-state index contributed by atoms with van der Waals surface area (Å²) in [4.78, 5) is 28.0. The van der Waals surface area contributed by atoms with Gasteiger partial charge in [0.05, 0.1) is 6.42 Å². The van der Waals surface area contributed by atoms with Gasteiger partial charge in [-0.25, -0.2) is 0 Å². The minimum Gasteiger partial charge on any atom is -0.352 e. The Kier molecular flexibility index (Phi) is 8.91. The third kappa shape index (κ3) is 6.60. The summed E-state index contributed by atoms with van der Waals surface area (Å²) in [5.74, 6) is -0.159. The Labute approximate surface area is 185 Å². The van der Waals surface area contributed by atoms with Crippen molar-refractivity contribution in [2.75, 3.05) is 0 Å². The second-order valence-corrected chi connectivity index (χ2v) is 8.42. The molecular formula is C25H33ClN2O2. The molecule has 2 atom stereocenters. The van der Waals surface area contributed by atoms with Gasteiger partial charge in [0.15, 0.2) is 0 Å². The molecule has 5 heteroatoms. The van der Waals surface area contributed by atoms with Crippen molar-refractivity contribution >= 4 is 23.4 Å². The number of rotatable bonds is 9. The van der Waals surface area contributed by atoms with Crippen molar-refractivity contribution in [3.8, 4) is 0 Å². The Balaban J connectivity index is 2.30. The van der Waals surface area contributed by atoms with E-state index >= 15 is 0 Å². The van der Waals surface area contributed by atoms with Gasteiger partial charge < -0.3 is 10.2 Å². The van der Waals surface area contributed by atoms with E-state index in [1.54, 1.807) is 4.90 Å². The third-order valence-corrected chi connectivity index (χ3v) is 5.83. The summed E-state index contributed by atoms with van der Waals surface area (Å²) in [6.45, 7) is 10.4. The molecule has 0 aliphatic heterocycles. The van der Waals surface area contributed by atoms with Crippen LogP contribution in [-0.4, -0.2) is 28.8 Å². The van der Waals surface area contributed by atoms with E-state index in [1.807, 2.05) is 70.2 Å². The molecule has 0 fully saturated rings. The fraction of sp³-hybridized carbons (Fsp3) is 0.440. The highest BCUT2D eigenvalue weighted by molar-refractivity contribution is 6.30. The molecule has 0 aromatic heterocycles. The van der Waals surface area contributed by atoms with E-state index in [-0.39, 0.29) is 24.3 Å². The number of nitrogens with one attached hydrogen (secondary N) is 1. The molecule has 2 aromatic rings. The van der Waals surface area contributed by atoms with Crippen LogP contribution in [0.5, 0.6) is 0 Å². The Morgan fingerprint density at radius 1 is 0.967 bits per heavy atom. The van der Waals surface area contributed by atoms with Crippen molar-refractivity contribution in [3.05, 3.63) is 69.7 Å². The summed E-state index contributed by atoms with van der Waals surface area (Å²) in [7, 11) is 0. The number of benzene rings is 2. The average Bonchev–Trinajstić information content (AvgIpc) is 2.71. The maximum Gasteiger partial charge on any atom is 0.243 e. The van der Waals surface area contributed by atoms with Crippen molar-refractivity contribution in [1.82, 2.24) is 10.2 Å². The maximum absolute atomic E-state index is 13.4. The van der Waals surface area contributed by atoms with Gasteiger partial charge in [0, 0.05) is 17.6 Å². The number of aryl methyl sites for hydroxylation is 2. The number of carbonyl (C=O) groups is 2. The fourth-order valence-electron chi connectivity index (χ4n) is 3.34. The zero-order valence-corrected chi connectivity index (χ0v) is 19.4. The van der Waals surface area contributed by atoms with Crippen LogP contribution in [0.3, 0.4) is 0 Å². The van der Waals surface area contributed by atoms with Crippen LogP contribution >= 0.6 is 11.6 Å². The molecule has 0 unspecified atom stereocenters. The summed E-state index contributed by atoms with van der Waals surface area (Å²) in [6, 6.07) is 13.0. The molecule has 0 radical (unpaired) electrons. The summed E-state index contributed by atoms with van der Waals surface area (Å²) >= 11 is 6.01. The third-order valence-electron chi connectivity index (χ3n) is 5.58. The minimum atomic E-state index is -0.520. The molecule has 0 aliphatic rings. The first-order valence-corrected chi connectivity index (χ1v) is 11.0. The molecule has 0 bridgehead atoms. The lowest BCUT2D eigenvalue weighted by molar-refractivity contribution is -0.141. The van der Waals surface area contributed by atoms with Crippen LogP contribution in [0.25, 0.3) is 0 Å². The SMILES string of the molecule is CC[C@H](C)NC(=O)[C@H](CC)N(Cc1ccc(Cl)cc1)C(=O)Cc1ccc(C)c(C)c1. The van der Waals surface area contributed by atoms with Crippen LogP contribution in [0.4, 0.5) is 0 Å². The van der Waals surface area contributed by atoms with E-state index in [2.05, 4.69) is 12.2 Å². The van der Waals surface area contributed by atoms with Crippen LogP contribution < -0.4 is 5.32 Å². The predicted octanol–water partition coefficient (Wildman–Crippen LogP) is 5.22. The Morgan fingerprint density at radius 2 is 1.60 bits per heavy atom. The van der Waals surface area contributed by atoms with Crippen LogP contribution in [0.1, 0.15) is 55.9 Å². The van der Waals surface area contributed by atoms with Gasteiger partial charge in [-0.1, -0.05) is 55.8 Å². The lowest BCUT2D eigenvalue weighted by Crippen LogP contribution is -2.51. The van der Waals surface area contributed by atoms with E-state index in [1.165, 1.54) is 5.56 Å². The van der Waals surface area contributed by atoms with E-state index in [4.69, 9.17) is 11.6 Å². The molecule has 162 valence electrons. The first kappa shape index (κ1) is 23.9. The van der Waals surface area contributed by atoms with Gasteiger partial charge >= 0.3 is 0 Å². The van der Waals surface area contributed by atoms with Crippen LogP contribution in [0, 0.1) is 13.8 Å². The number of halogens is 1. The highest BCUT2D eigenvalue weighted by Crippen LogP contribution is 2.18. The Morgan fingerprint density at radius 3 is 2.17 bits per heavy atom. The van der Waals surface area contributed by atoms with Gasteiger partial charge in [0.1, 0.15) is 6.04 Å². The van der Waals surface area contributed by atoms with E-state index < -0.39 is 6.04 Å². The number of carbonyl (C=O) groups excluding carboxylic acids is 2. The molecule has 0 spiro atoms. The molecule has 4 nitrogen and oxygen atoms in total. The van der Waals surface area contributed by atoms with Gasteiger partial charge in [0.2, 0.25) is 11.8 Å². The standard InChI is InChI=1S/C25H33ClN2O2/c1-6-19(5)27-25(30)23(7-2)28(16-20-10-12-22(26)13-11-20)24(29)15-21-9-8-17(3)18(4)14-21/h8-14,19,23H,6-7,15-16H2,1-5H3,(H,27,30)/t19-,23-/m0/s1. The van der Waals surface area contributed by atoms with Crippen LogP contribution in [0.15, 0.2) is 42.5 Å². The number of hydrogen-bond acceptors (Lipinski definition) is 2. The van der Waals surface area contributed by atoms with Crippen molar-refractivity contribution < 1.29 is 9.59 Å².